The number of nitro benzene ring substituents is 1. The first-order chi connectivity index (χ1) is 13.2. The minimum absolute atomic E-state index is 0.0668. The molecule has 0 unspecified atom stereocenters. The van der Waals surface area contributed by atoms with E-state index in [0.29, 0.717) is 17.7 Å². The molecule has 0 bridgehead atoms. The van der Waals surface area contributed by atoms with Gasteiger partial charge in [0.1, 0.15) is 0 Å². The molecule has 0 amide bonds. The number of hydrogen-bond acceptors (Lipinski definition) is 6. The highest BCUT2D eigenvalue weighted by molar-refractivity contribution is 6.00. The number of aryl methyl sites for hydroxylation is 2. The summed E-state index contributed by atoms with van der Waals surface area (Å²) in [6.45, 7) is 7.39. The predicted molar refractivity (Wildman–Crippen MR) is 103 cm³/mol. The Hall–Kier alpha value is -3.00. The van der Waals surface area contributed by atoms with Crippen LogP contribution in [0.15, 0.2) is 24.3 Å². The van der Waals surface area contributed by atoms with Gasteiger partial charge in [0.05, 0.1) is 23.1 Å². The standard InChI is InChI=1S/C20H24N2O6/c1-12-8-16(6-7-18(12)22(25)26)20(24)28-11-19(23)17-9-13(2)21(15(17)4)14(3)10-27-5/h6-9,14H,10-11H2,1-5H3/t14-/m1/s1. The van der Waals surface area contributed by atoms with Crippen molar-refractivity contribution in [1.82, 2.24) is 4.57 Å². The molecule has 1 atom stereocenters. The van der Waals surface area contributed by atoms with Gasteiger partial charge in [-0.15, -0.1) is 0 Å². The number of methoxy groups -OCH3 is 1. The van der Waals surface area contributed by atoms with Crippen LogP contribution in [0.1, 0.15) is 50.6 Å². The molecule has 8 heteroatoms. The molecular formula is C20H24N2O6. The van der Waals surface area contributed by atoms with Crippen molar-refractivity contribution in [2.45, 2.75) is 33.7 Å². The van der Waals surface area contributed by atoms with E-state index in [1.807, 2.05) is 25.3 Å². The van der Waals surface area contributed by atoms with Crippen LogP contribution in [0.25, 0.3) is 0 Å². The van der Waals surface area contributed by atoms with Gasteiger partial charge in [0, 0.05) is 35.7 Å². The lowest BCUT2D eigenvalue weighted by molar-refractivity contribution is -0.385. The predicted octanol–water partition coefficient (Wildman–Crippen LogP) is 3.57. The molecule has 1 heterocycles. The minimum atomic E-state index is -0.701. The summed E-state index contributed by atoms with van der Waals surface area (Å²) in [5.74, 6) is -1.01. The van der Waals surface area contributed by atoms with Gasteiger partial charge in [0.15, 0.2) is 6.61 Å². The monoisotopic (exact) mass is 388 g/mol. The van der Waals surface area contributed by atoms with Gasteiger partial charge in [0.25, 0.3) is 5.69 Å². The lowest BCUT2D eigenvalue weighted by Gasteiger charge is -2.17. The van der Waals surface area contributed by atoms with E-state index in [1.165, 1.54) is 25.1 Å². The molecule has 2 rings (SSSR count). The summed E-state index contributed by atoms with van der Waals surface area (Å²) >= 11 is 0. The van der Waals surface area contributed by atoms with Crippen LogP contribution in [-0.2, 0) is 9.47 Å². The Morgan fingerprint density at radius 1 is 1.21 bits per heavy atom. The van der Waals surface area contributed by atoms with E-state index in [0.717, 1.165) is 11.4 Å². The molecule has 150 valence electrons. The van der Waals surface area contributed by atoms with Gasteiger partial charge < -0.3 is 14.0 Å². The van der Waals surface area contributed by atoms with E-state index in [4.69, 9.17) is 9.47 Å². The van der Waals surface area contributed by atoms with Crippen LogP contribution in [0.2, 0.25) is 0 Å². The molecule has 28 heavy (non-hydrogen) atoms. The van der Waals surface area contributed by atoms with Gasteiger partial charge in [-0.3, -0.25) is 14.9 Å². The van der Waals surface area contributed by atoms with Gasteiger partial charge in [-0.25, -0.2) is 4.79 Å². The van der Waals surface area contributed by atoms with Gasteiger partial charge in [-0.1, -0.05) is 0 Å². The fourth-order valence-electron chi connectivity index (χ4n) is 3.33. The normalized spacial score (nSPS) is 11.9. The zero-order valence-corrected chi connectivity index (χ0v) is 16.6. The average Bonchev–Trinajstić information content (AvgIpc) is 2.93. The Morgan fingerprint density at radius 3 is 2.46 bits per heavy atom. The van der Waals surface area contributed by atoms with E-state index in [-0.39, 0.29) is 23.1 Å². The highest BCUT2D eigenvalue weighted by Crippen LogP contribution is 2.22. The second kappa shape index (κ2) is 8.79. The second-order valence-electron chi connectivity index (χ2n) is 6.72. The molecule has 0 radical (unpaired) electrons. The van der Waals surface area contributed by atoms with E-state index >= 15 is 0 Å². The first-order valence-corrected chi connectivity index (χ1v) is 8.80. The van der Waals surface area contributed by atoms with E-state index in [9.17, 15) is 19.7 Å². The summed E-state index contributed by atoms with van der Waals surface area (Å²) in [6.07, 6.45) is 0. The van der Waals surface area contributed by atoms with Crippen molar-refractivity contribution in [3.05, 3.63) is 62.5 Å². The summed E-state index contributed by atoms with van der Waals surface area (Å²) in [6, 6.07) is 5.78. The Balaban J connectivity index is 2.10. The Kier molecular flexibility index (Phi) is 6.69. The van der Waals surface area contributed by atoms with E-state index in [1.54, 1.807) is 13.2 Å². The maximum Gasteiger partial charge on any atom is 0.338 e. The number of ether oxygens (including phenoxy) is 2. The molecule has 2 aromatic rings. The van der Waals surface area contributed by atoms with Crippen LogP contribution in [0.5, 0.6) is 0 Å². The van der Waals surface area contributed by atoms with Crippen LogP contribution in [-0.4, -0.2) is 41.6 Å². The Morgan fingerprint density at radius 2 is 1.89 bits per heavy atom. The van der Waals surface area contributed by atoms with Crippen molar-refractivity contribution in [1.29, 1.82) is 0 Å². The lowest BCUT2D eigenvalue weighted by atomic mass is 10.1. The number of esters is 1. The number of nitro groups is 1. The quantitative estimate of drug-likeness (QED) is 0.297. The van der Waals surface area contributed by atoms with Crippen molar-refractivity contribution in [2.24, 2.45) is 0 Å². The molecule has 0 aliphatic heterocycles. The van der Waals surface area contributed by atoms with Crippen molar-refractivity contribution in [2.75, 3.05) is 20.3 Å². The van der Waals surface area contributed by atoms with Crippen LogP contribution in [0, 0.1) is 30.9 Å². The maximum atomic E-state index is 12.5. The highest BCUT2D eigenvalue weighted by Gasteiger charge is 2.21. The number of hydrogen-bond donors (Lipinski definition) is 0. The number of ketones is 1. The van der Waals surface area contributed by atoms with Gasteiger partial charge in [0.2, 0.25) is 5.78 Å². The third-order valence-electron chi connectivity index (χ3n) is 4.60. The number of carbonyl (C=O) groups excluding carboxylic acids is 2. The van der Waals surface area contributed by atoms with Gasteiger partial charge in [-0.05, 0) is 45.9 Å². The zero-order chi connectivity index (χ0) is 21.0. The molecule has 0 spiro atoms. The maximum absolute atomic E-state index is 12.5. The van der Waals surface area contributed by atoms with Crippen molar-refractivity contribution in [3.8, 4) is 0 Å². The molecular weight excluding hydrogens is 364 g/mol. The largest absolute Gasteiger partial charge is 0.454 e. The van der Waals surface area contributed by atoms with Crippen molar-refractivity contribution >= 4 is 17.4 Å². The number of carbonyl (C=O) groups is 2. The molecule has 0 fully saturated rings. The summed E-state index contributed by atoms with van der Waals surface area (Å²) in [5, 5.41) is 10.9. The fourth-order valence-corrected chi connectivity index (χ4v) is 3.33. The molecule has 8 nitrogen and oxygen atoms in total. The Bertz CT molecular complexity index is 916. The SMILES string of the molecule is COC[C@@H](C)n1c(C)cc(C(=O)COC(=O)c2ccc([N+](=O)[O-])c(C)c2)c1C. The Labute approximate surface area is 163 Å². The van der Waals surface area contributed by atoms with E-state index < -0.39 is 17.5 Å². The molecule has 1 aromatic carbocycles. The summed E-state index contributed by atoms with van der Waals surface area (Å²) < 4.78 is 12.3. The summed E-state index contributed by atoms with van der Waals surface area (Å²) in [4.78, 5) is 35.1. The first-order valence-electron chi connectivity index (χ1n) is 8.80. The van der Waals surface area contributed by atoms with Crippen LogP contribution >= 0.6 is 0 Å². The smallest absolute Gasteiger partial charge is 0.338 e. The third-order valence-corrected chi connectivity index (χ3v) is 4.60. The number of aromatic nitrogens is 1. The summed E-state index contributed by atoms with van der Waals surface area (Å²) in [5.41, 5.74) is 2.63. The topological polar surface area (TPSA) is 101 Å². The van der Waals surface area contributed by atoms with Gasteiger partial charge in [-0.2, -0.15) is 0 Å². The minimum Gasteiger partial charge on any atom is -0.454 e. The second-order valence-corrected chi connectivity index (χ2v) is 6.72. The van der Waals surface area contributed by atoms with Crippen LogP contribution in [0.3, 0.4) is 0 Å². The molecule has 0 saturated heterocycles. The third kappa shape index (κ3) is 4.45. The molecule has 0 aliphatic rings. The fraction of sp³-hybridized carbons (Fsp3) is 0.400. The highest BCUT2D eigenvalue weighted by atomic mass is 16.6. The van der Waals surface area contributed by atoms with Crippen LogP contribution < -0.4 is 0 Å². The number of Topliss-reactive ketones (excluding diaryl/α,β-unsaturated/α-hetero) is 1. The first kappa shape index (κ1) is 21.3. The van der Waals surface area contributed by atoms with Crippen LogP contribution in [0.4, 0.5) is 5.69 Å². The average molecular weight is 388 g/mol. The van der Waals surface area contributed by atoms with Crippen molar-refractivity contribution in [3.63, 3.8) is 0 Å². The number of nitrogens with zero attached hydrogens (tertiary/aromatic N) is 2. The number of rotatable bonds is 8. The lowest BCUT2D eigenvalue weighted by Crippen LogP contribution is -2.17. The van der Waals surface area contributed by atoms with Gasteiger partial charge >= 0.3 is 5.97 Å². The molecule has 0 aliphatic carbocycles. The molecule has 0 N–H and O–H groups in total. The summed E-state index contributed by atoms with van der Waals surface area (Å²) in [7, 11) is 1.62. The zero-order valence-electron chi connectivity index (χ0n) is 16.6. The van der Waals surface area contributed by atoms with E-state index in [2.05, 4.69) is 0 Å². The van der Waals surface area contributed by atoms with Crippen molar-refractivity contribution < 1.29 is 24.0 Å². The number of benzene rings is 1. The molecule has 0 saturated carbocycles. The molecule has 1 aromatic heterocycles.